The van der Waals surface area contributed by atoms with Crippen LogP contribution in [0.4, 0.5) is 4.39 Å². The Labute approximate surface area is 111 Å². The summed E-state index contributed by atoms with van der Waals surface area (Å²) >= 11 is 0. The topological polar surface area (TPSA) is 53.5 Å². The van der Waals surface area contributed by atoms with Gasteiger partial charge in [0.15, 0.2) is 0 Å². The van der Waals surface area contributed by atoms with E-state index in [-0.39, 0.29) is 17.9 Å². The van der Waals surface area contributed by atoms with Gasteiger partial charge in [0, 0.05) is 33.3 Å². The van der Waals surface area contributed by atoms with E-state index in [1.54, 1.807) is 16.8 Å². The Morgan fingerprint density at radius 2 is 2.21 bits per heavy atom. The molecule has 0 spiro atoms. The predicted octanol–water partition coefficient (Wildman–Crippen LogP) is 0.914. The molecular weight excluding hydrogens is 249 g/mol. The van der Waals surface area contributed by atoms with Crippen LogP contribution in [0.3, 0.4) is 0 Å². The first-order valence-electron chi connectivity index (χ1n) is 6.13. The monoisotopic (exact) mass is 265 g/mol. The molecule has 1 aliphatic heterocycles. The maximum atomic E-state index is 12.7. The van der Waals surface area contributed by atoms with Gasteiger partial charge in [0.05, 0.1) is 11.6 Å². The Balaban J connectivity index is 2.02. The standard InChI is InChI=1S/C13H16FN3O2/c1-9(18)16(2)11-5-6-17(8-11)13(19)10-3-4-12(14)15-7-10/h3-4,7,11H,5-6,8H2,1-2H3/t11-/m0/s1. The summed E-state index contributed by atoms with van der Waals surface area (Å²) in [6, 6.07) is 2.64. The lowest BCUT2D eigenvalue weighted by atomic mass is 10.2. The third kappa shape index (κ3) is 2.89. The van der Waals surface area contributed by atoms with Gasteiger partial charge in [-0.1, -0.05) is 0 Å². The molecule has 0 aromatic carbocycles. The van der Waals surface area contributed by atoms with E-state index in [1.165, 1.54) is 25.3 Å². The molecule has 0 unspecified atom stereocenters. The Hall–Kier alpha value is -1.98. The lowest BCUT2D eigenvalue weighted by molar-refractivity contribution is -0.129. The SMILES string of the molecule is CC(=O)N(C)[C@H]1CCN(C(=O)c2ccc(F)nc2)C1. The molecule has 2 rings (SSSR count). The smallest absolute Gasteiger partial charge is 0.255 e. The van der Waals surface area contributed by atoms with Gasteiger partial charge in [0.1, 0.15) is 0 Å². The first-order valence-corrected chi connectivity index (χ1v) is 6.13. The third-order valence-electron chi connectivity index (χ3n) is 3.47. The summed E-state index contributed by atoms with van der Waals surface area (Å²) in [6.07, 6.45) is 2.00. The van der Waals surface area contributed by atoms with Gasteiger partial charge in [-0.05, 0) is 18.6 Å². The van der Waals surface area contributed by atoms with Gasteiger partial charge in [-0.15, -0.1) is 0 Å². The maximum Gasteiger partial charge on any atom is 0.255 e. The summed E-state index contributed by atoms with van der Waals surface area (Å²) in [6.45, 7) is 2.61. The van der Waals surface area contributed by atoms with Crippen molar-refractivity contribution < 1.29 is 14.0 Å². The van der Waals surface area contributed by atoms with Gasteiger partial charge in [0.25, 0.3) is 5.91 Å². The predicted molar refractivity (Wildman–Crippen MR) is 66.9 cm³/mol. The number of hydrogen-bond acceptors (Lipinski definition) is 3. The zero-order chi connectivity index (χ0) is 14.0. The molecule has 6 heteroatoms. The molecular formula is C13H16FN3O2. The molecule has 1 atom stereocenters. The van der Waals surface area contributed by atoms with Crippen molar-refractivity contribution in [3.05, 3.63) is 29.8 Å². The van der Waals surface area contributed by atoms with Crippen LogP contribution >= 0.6 is 0 Å². The first-order chi connectivity index (χ1) is 8.99. The van der Waals surface area contributed by atoms with Crippen LogP contribution in [-0.4, -0.2) is 52.8 Å². The minimum absolute atomic E-state index is 0.0113. The summed E-state index contributed by atoms with van der Waals surface area (Å²) in [5.74, 6) is -0.790. The molecule has 0 bridgehead atoms. The fourth-order valence-corrected chi connectivity index (χ4v) is 2.18. The molecule has 0 saturated carbocycles. The number of nitrogens with zero attached hydrogens (tertiary/aromatic N) is 3. The van der Waals surface area contributed by atoms with Gasteiger partial charge in [0.2, 0.25) is 11.9 Å². The lowest BCUT2D eigenvalue weighted by Crippen LogP contribution is -2.38. The second-order valence-electron chi connectivity index (χ2n) is 4.69. The van der Waals surface area contributed by atoms with E-state index >= 15 is 0 Å². The Bertz CT molecular complexity index is 489. The number of hydrogen-bond donors (Lipinski definition) is 0. The van der Waals surface area contributed by atoms with Gasteiger partial charge >= 0.3 is 0 Å². The highest BCUT2D eigenvalue weighted by Gasteiger charge is 2.30. The molecule has 1 aromatic heterocycles. The van der Waals surface area contributed by atoms with E-state index < -0.39 is 5.95 Å². The van der Waals surface area contributed by atoms with Crippen molar-refractivity contribution in [2.24, 2.45) is 0 Å². The maximum absolute atomic E-state index is 12.7. The van der Waals surface area contributed by atoms with Gasteiger partial charge in [-0.25, -0.2) is 4.98 Å². The molecule has 5 nitrogen and oxygen atoms in total. The van der Waals surface area contributed by atoms with Gasteiger partial charge < -0.3 is 9.80 Å². The molecule has 2 heterocycles. The lowest BCUT2D eigenvalue weighted by Gasteiger charge is -2.23. The number of carbonyl (C=O) groups excluding carboxylic acids is 2. The number of rotatable bonds is 2. The normalized spacial score (nSPS) is 18.5. The van der Waals surface area contributed by atoms with Crippen LogP contribution in [0, 0.1) is 5.95 Å². The number of aromatic nitrogens is 1. The molecule has 0 radical (unpaired) electrons. The van der Waals surface area contributed by atoms with Crippen LogP contribution in [0.2, 0.25) is 0 Å². The molecule has 2 amide bonds. The van der Waals surface area contributed by atoms with E-state index in [2.05, 4.69) is 4.98 Å². The van der Waals surface area contributed by atoms with Crippen molar-refractivity contribution in [1.82, 2.24) is 14.8 Å². The molecule has 102 valence electrons. The van der Waals surface area contributed by atoms with Crippen molar-refractivity contribution in [2.75, 3.05) is 20.1 Å². The average molecular weight is 265 g/mol. The molecule has 1 aliphatic rings. The van der Waals surface area contributed by atoms with Crippen LogP contribution in [0.1, 0.15) is 23.7 Å². The molecule has 0 aliphatic carbocycles. The van der Waals surface area contributed by atoms with Crippen LogP contribution in [0.5, 0.6) is 0 Å². The molecule has 1 aromatic rings. The van der Waals surface area contributed by atoms with E-state index in [0.29, 0.717) is 18.7 Å². The van der Waals surface area contributed by atoms with Gasteiger partial charge in [-0.3, -0.25) is 9.59 Å². The van der Waals surface area contributed by atoms with E-state index in [0.717, 1.165) is 6.42 Å². The Morgan fingerprint density at radius 1 is 1.47 bits per heavy atom. The van der Waals surface area contributed by atoms with E-state index in [4.69, 9.17) is 0 Å². The van der Waals surface area contributed by atoms with Crippen molar-refractivity contribution in [3.8, 4) is 0 Å². The third-order valence-corrected chi connectivity index (χ3v) is 3.47. The minimum Gasteiger partial charge on any atom is -0.341 e. The van der Waals surface area contributed by atoms with Crippen molar-refractivity contribution in [2.45, 2.75) is 19.4 Å². The quantitative estimate of drug-likeness (QED) is 0.747. The zero-order valence-corrected chi connectivity index (χ0v) is 11.0. The summed E-state index contributed by atoms with van der Waals surface area (Å²) in [5, 5.41) is 0. The number of carbonyl (C=O) groups is 2. The number of likely N-dealkylation sites (tertiary alicyclic amines) is 1. The number of likely N-dealkylation sites (N-methyl/N-ethyl adjacent to an activating group) is 1. The number of pyridine rings is 1. The Kier molecular flexibility index (Phi) is 3.78. The number of halogens is 1. The summed E-state index contributed by atoms with van der Waals surface area (Å²) in [5.41, 5.74) is 0.368. The van der Waals surface area contributed by atoms with Crippen LogP contribution in [0.15, 0.2) is 18.3 Å². The van der Waals surface area contributed by atoms with Crippen molar-refractivity contribution >= 4 is 11.8 Å². The van der Waals surface area contributed by atoms with Crippen LogP contribution in [0.25, 0.3) is 0 Å². The number of amides is 2. The summed E-state index contributed by atoms with van der Waals surface area (Å²) in [4.78, 5) is 30.2. The van der Waals surface area contributed by atoms with Crippen molar-refractivity contribution in [3.63, 3.8) is 0 Å². The molecule has 19 heavy (non-hydrogen) atoms. The highest BCUT2D eigenvalue weighted by molar-refractivity contribution is 5.94. The Morgan fingerprint density at radius 3 is 2.79 bits per heavy atom. The largest absolute Gasteiger partial charge is 0.341 e. The van der Waals surface area contributed by atoms with Crippen LogP contribution in [-0.2, 0) is 4.79 Å². The molecule has 0 N–H and O–H groups in total. The fourth-order valence-electron chi connectivity index (χ4n) is 2.18. The highest BCUT2D eigenvalue weighted by Crippen LogP contribution is 2.17. The molecule has 1 fully saturated rings. The zero-order valence-electron chi connectivity index (χ0n) is 11.0. The van der Waals surface area contributed by atoms with Gasteiger partial charge in [-0.2, -0.15) is 4.39 Å². The average Bonchev–Trinajstić information content (AvgIpc) is 2.87. The summed E-state index contributed by atoms with van der Waals surface area (Å²) < 4.78 is 12.7. The van der Waals surface area contributed by atoms with Crippen molar-refractivity contribution in [1.29, 1.82) is 0 Å². The minimum atomic E-state index is -0.604. The first kappa shape index (κ1) is 13.5. The highest BCUT2D eigenvalue weighted by atomic mass is 19.1. The molecule has 1 saturated heterocycles. The van der Waals surface area contributed by atoms with E-state index in [1.807, 2.05) is 0 Å². The van der Waals surface area contributed by atoms with E-state index in [9.17, 15) is 14.0 Å². The fraction of sp³-hybridized carbons (Fsp3) is 0.462. The second-order valence-corrected chi connectivity index (χ2v) is 4.69. The summed E-state index contributed by atoms with van der Waals surface area (Å²) in [7, 11) is 1.74. The second kappa shape index (κ2) is 5.34. The van der Waals surface area contributed by atoms with Crippen LogP contribution < -0.4 is 0 Å².